The van der Waals surface area contributed by atoms with Crippen LogP contribution in [0.4, 0.5) is 0 Å². The number of hydrogen-bond donors (Lipinski definition) is 1. The van der Waals surface area contributed by atoms with Gasteiger partial charge in [-0.05, 0) is 19.3 Å². The van der Waals surface area contributed by atoms with Gasteiger partial charge in [0, 0.05) is 39.3 Å². The Morgan fingerprint density at radius 1 is 0.789 bits per heavy atom. The number of piperidine rings is 1. The zero-order valence-electron chi connectivity index (χ0n) is 11.5. The molecule has 6 heteroatoms. The van der Waals surface area contributed by atoms with E-state index in [1.54, 1.807) is 0 Å². The SMILES string of the molecule is NC(=O)CN1CCN(CC(=O)N2CCCCC2)CC1. The van der Waals surface area contributed by atoms with Crippen molar-refractivity contribution in [2.75, 3.05) is 52.4 Å². The first kappa shape index (κ1) is 14.3. The lowest BCUT2D eigenvalue weighted by atomic mass is 10.1. The Labute approximate surface area is 114 Å². The van der Waals surface area contributed by atoms with Gasteiger partial charge in [0.1, 0.15) is 0 Å². The molecule has 0 unspecified atom stereocenters. The summed E-state index contributed by atoms with van der Waals surface area (Å²) in [5, 5.41) is 0. The van der Waals surface area contributed by atoms with Crippen LogP contribution >= 0.6 is 0 Å². The van der Waals surface area contributed by atoms with Crippen LogP contribution in [0, 0.1) is 0 Å². The van der Waals surface area contributed by atoms with Crippen molar-refractivity contribution in [1.29, 1.82) is 0 Å². The Morgan fingerprint density at radius 2 is 1.32 bits per heavy atom. The fourth-order valence-electron chi connectivity index (χ4n) is 2.76. The number of likely N-dealkylation sites (tertiary alicyclic amines) is 1. The predicted octanol–water partition coefficient (Wildman–Crippen LogP) is -0.898. The van der Waals surface area contributed by atoms with Crippen molar-refractivity contribution < 1.29 is 9.59 Å². The molecule has 0 atom stereocenters. The van der Waals surface area contributed by atoms with Crippen molar-refractivity contribution in [2.24, 2.45) is 5.73 Å². The van der Waals surface area contributed by atoms with Crippen LogP contribution in [0.3, 0.4) is 0 Å². The van der Waals surface area contributed by atoms with Gasteiger partial charge in [-0.2, -0.15) is 0 Å². The zero-order chi connectivity index (χ0) is 13.7. The quantitative estimate of drug-likeness (QED) is 0.717. The number of primary amides is 1. The van der Waals surface area contributed by atoms with Gasteiger partial charge < -0.3 is 10.6 Å². The lowest BCUT2D eigenvalue weighted by molar-refractivity contribution is -0.134. The summed E-state index contributed by atoms with van der Waals surface area (Å²) < 4.78 is 0. The lowest BCUT2D eigenvalue weighted by Gasteiger charge is -2.35. The molecular formula is C13H24N4O2. The number of piperazine rings is 1. The fourth-order valence-corrected chi connectivity index (χ4v) is 2.76. The largest absolute Gasteiger partial charge is 0.369 e. The van der Waals surface area contributed by atoms with Crippen LogP contribution < -0.4 is 5.73 Å². The minimum Gasteiger partial charge on any atom is -0.369 e. The first-order chi connectivity index (χ1) is 9.15. The molecule has 2 N–H and O–H groups in total. The maximum absolute atomic E-state index is 12.1. The minimum atomic E-state index is -0.280. The van der Waals surface area contributed by atoms with Gasteiger partial charge in [-0.3, -0.25) is 19.4 Å². The van der Waals surface area contributed by atoms with E-state index < -0.39 is 0 Å². The van der Waals surface area contributed by atoms with E-state index in [0.29, 0.717) is 13.1 Å². The van der Waals surface area contributed by atoms with Crippen LogP contribution in [0.25, 0.3) is 0 Å². The van der Waals surface area contributed by atoms with Crippen molar-refractivity contribution >= 4 is 11.8 Å². The van der Waals surface area contributed by atoms with Gasteiger partial charge in [-0.25, -0.2) is 0 Å². The molecule has 0 aromatic carbocycles. The third-order valence-corrected chi connectivity index (χ3v) is 3.91. The monoisotopic (exact) mass is 268 g/mol. The average molecular weight is 268 g/mol. The lowest BCUT2D eigenvalue weighted by Crippen LogP contribution is -2.52. The molecule has 2 heterocycles. The summed E-state index contributed by atoms with van der Waals surface area (Å²) in [5.74, 6) is -0.0269. The van der Waals surface area contributed by atoms with Gasteiger partial charge in [0.05, 0.1) is 13.1 Å². The number of amides is 2. The molecule has 2 saturated heterocycles. The normalized spacial score (nSPS) is 22.4. The number of rotatable bonds is 4. The van der Waals surface area contributed by atoms with Crippen LogP contribution in [-0.4, -0.2) is 78.9 Å². The van der Waals surface area contributed by atoms with E-state index in [0.717, 1.165) is 52.1 Å². The predicted molar refractivity (Wildman–Crippen MR) is 72.5 cm³/mol. The molecule has 0 aromatic heterocycles. The maximum atomic E-state index is 12.1. The van der Waals surface area contributed by atoms with E-state index in [9.17, 15) is 9.59 Å². The van der Waals surface area contributed by atoms with Gasteiger partial charge in [-0.1, -0.05) is 0 Å². The van der Waals surface area contributed by atoms with Crippen LogP contribution in [0.5, 0.6) is 0 Å². The van der Waals surface area contributed by atoms with Crippen LogP contribution in [0.2, 0.25) is 0 Å². The fraction of sp³-hybridized carbons (Fsp3) is 0.846. The van der Waals surface area contributed by atoms with Crippen molar-refractivity contribution in [3.8, 4) is 0 Å². The number of hydrogen-bond acceptors (Lipinski definition) is 4. The highest BCUT2D eigenvalue weighted by molar-refractivity contribution is 5.78. The first-order valence-electron chi connectivity index (χ1n) is 7.16. The van der Waals surface area contributed by atoms with E-state index in [1.807, 2.05) is 9.80 Å². The summed E-state index contributed by atoms with van der Waals surface area (Å²) in [4.78, 5) is 29.2. The molecule has 2 aliphatic heterocycles. The molecule has 19 heavy (non-hydrogen) atoms. The molecule has 2 aliphatic rings. The van der Waals surface area contributed by atoms with Gasteiger partial charge in [-0.15, -0.1) is 0 Å². The summed E-state index contributed by atoms with van der Waals surface area (Å²) in [6.07, 6.45) is 3.52. The second-order valence-corrected chi connectivity index (χ2v) is 5.46. The summed E-state index contributed by atoms with van der Waals surface area (Å²) in [5.41, 5.74) is 5.18. The third-order valence-electron chi connectivity index (χ3n) is 3.91. The van der Waals surface area contributed by atoms with Crippen molar-refractivity contribution in [2.45, 2.75) is 19.3 Å². The molecule has 0 aliphatic carbocycles. The van der Waals surface area contributed by atoms with Gasteiger partial charge >= 0.3 is 0 Å². The Bertz CT molecular complexity index is 321. The van der Waals surface area contributed by atoms with E-state index in [4.69, 9.17) is 5.73 Å². The van der Waals surface area contributed by atoms with Crippen LogP contribution in [0.15, 0.2) is 0 Å². The van der Waals surface area contributed by atoms with Gasteiger partial charge in [0.15, 0.2) is 0 Å². The molecule has 0 bridgehead atoms. The first-order valence-corrected chi connectivity index (χ1v) is 7.16. The molecule has 0 saturated carbocycles. The standard InChI is InChI=1S/C13H24N4O2/c14-12(18)10-15-6-8-16(9-7-15)11-13(19)17-4-2-1-3-5-17/h1-11H2,(H2,14,18). The molecule has 2 fully saturated rings. The Kier molecular flexibility index (Phi) is 5.15. The zero-order valence-corrected chi connectivity index (χ0v) is 11.5. The summed E-state index contributed by atoms with van der Waals surface area (Å²) >= 11 is 0. The summed E-state index contributed by atoms with van der Waals surface area (Å²) in [6.45, 7) is 5.99. The molecular weight excluding hydrogens is 244 g/mol. The summed E-state index contributed by atoms with van der Waals surface area (Å²) in [6, 6.07) is 0. The molecule has 6 nitrogen and oxygen atoms in total. The number of carbonyl (C=O) groups excluding carboxylic acids is 2. The van der Waals surface area contributed by atoms with Gasteiger partial charge in [0.2, 0.25) is 11.8 Å². The Balaban J connectivity index is 1.69. The topological polar surface area (TPSA) is 69.9 Å². The average Bonchev–Trinajstić information content (AvgIpc) is 2.41. The molecule has 2 rings (SSSR count). The molecule has 0 spiro atoms. The van der Waals surface area contributed by atoms with E-state index in [1.165, 1.54) is 6.42 Å². The second kappa shape index (κ2) is 6.86. The molecule has 108 valence electrons. The molecule has 2 amide bonds. The van der Waals surface area contributed by atoms with E-state index >= 15 is 0 Å². The Hall–Kier alpha value is -1.14. The van der Waals surface area contributed by atoms with Crippen LogP contribution in [0.1, 0.15) is 19.3 Å². The number of nitrogens with two attached hydrogens (primary N) is 1. The molecule has 0 radical (unpaired) electrons. The van der Waals surface area contributed by atoms with Crippen molar-refractivity contribution in [3.05, 3.63) is 0 Å². The van der Waals surface area contributed by atoms with Gasteiger partial charge in [0.25, 0.3) is 0 Å². The van der Waals surface area contributed by atoms with Crippen LogP contribution in [-0.2, 0) is 9.59 Å². The van der Waals surface area contributed by atoms with Crippen molar-refractivity contribution in [3.63, 3.8) is 0 Å². The van der Waals surface area contributed by atoms with E-state index in [-0.39, 0.29) is 11.8 Å². The van der Waals surface area contributed by atoms with Crippen molar-refractivity contribution in [1.82, 2.24) is 14.7 Å². The van der Waals surface area contributed by atoms with E-state index in [2.05, 4.69) is 4.90 Å². The second-order valence-electron chi connectivity index (χ2n) is 5.46. The minimum absolute atomic E-state index is 0.253. The number of nitrogens with zero attached hydrogens (tertiary/aromatic N) is 3. The highest BCUT2D eigenvalue weighted by Crippen LogP contribution is 2.10. The number of carbonyl (C=O) groups is 2. The highest BCUT2D eigenvalue weighted by Gasteiger charge is 2.23. The highest BCUT2D eigenvalue weighted by atomic mass is 16.2. The third kappa shape index (κ3) is 4.47. The summed E-state index contributed by atoms with van der Waals surface area (Å²) in [7, 11) is 0. The Morgan fingerprint density at radius 3 is 1.84 bits per heavy atom. The smallest absolute Gasteiger partial charge is 0.236 e. The molecule has 0 aromatic rings. The maximum Gasteiger partial charge on any atom is 0.236 e.